The number of nitrogens with zero attached hydrogens (tertiary/aromatic N) is 1. The highest BCUT2D eigenvalue weighted by molar-refractivity contribution is 9.11. The van der Waals surface area contributed by atoms with Crippen molar-refractivity contribution >= 4 is 65.3 Å². The van der Waals surface area contributed by atoms with E-state index in [2.05, 4.69) is 68.6 Å². The Bertz CT molecular complexity index is 761. The normalized spacial score (nSPS) is 11.9. The fourth-order valence-corrected chi connectivity index (χ4v) is 3.37. The molecule has 1 heterocycles. The first-order valence-electron chi connectivity index (χ1n) is 6.28. The van der Waals surface area contributed by atoms with Gasteiger partial charge in [-0.25, -0.2) is 0 Å². The van der Waals surface area contributed by atoms with E-state index in [0.717, 1.165) is 0 Å². The summed E-state index contributed by atoms with van der Waals surface area (Å²) in [6.45, 7) is 1.42. The van der Waals surface area contributed by atoms with Crippen molar-refractivity contribution in [1.82, 2.24) is 15.5 Å². The van der Waals surface area contributed by atoms with Gasteiger partial charge in [0.25, 0.3) is 11.8 Å². The molecule has 2 rings (SSSR count). The molecule has 0 radical (unpaired) electrons. The first-order chi connectivity index (χ1) is 10.8. The maximum absolute atomic E-state index is 12.2. The molecule has 1 atom stereocenters. The zero-order chi connectivity index (χ0) is 17.1. The standard InChI is InChI=1S/C13H11Br3N4O3/c1-5(21)17-12(22)7-2-6(14)3-8(15)11(7)18-13(23)9-4-10(16)20-19-9/h2-5,21H,1H3,(H,17,22)(H,18,23)(H,19,20). The number of benzene rings is 1. The second-order valence-corrected chi connectivity index (χ2v) is 7.14. The quantitative estimate of drug-likeness (QED) is 0.474. The van der Waals surface area contributed by atoms with Crippen molar-refractivity contribution < 1.29 is 14.7 Å². The predicted octanol–water partition coefficient (Wildman–Crippen LogP) is 3.02. The second kappa shape index (κ2) is 7.56. The number of aromatic nitrogens is 2. The van der Waals surface area contributed by atoms with Crippen molar-refractivity contribution in [2.24, 2.45) is 0 Å². The molecule has 7 nitrogen and oxygen atoms in total. The monoisotopic (exact) mass is 508 g/mol. The fourth-order valence-electron chi connectivity index (χ4n) is 1.74. The van der Waals surface area contributed by atoms with Gasteiger partial charge >= 0.3 is 0 Å². The number of hydrogen-bond acceptors (Lipinski definition) is 4. The Balaban J connectivity index is 2.36. The molecule has 1 unspecified atom stereocenters. The van der Waals surface area contributed by atoms with E-state index < -0.39 is 18.0 Å². The number of hydrogen-bond donors (Lipinski definition) is 4. The topological polar surface area (TPSA) is 107 Å². The zero-order valence-corrected chi connectivity index (χ0v) is 16.4. The van der Waals surface area contributed by atoms with E-state index in [0.29, 0.717) is 13.5 Å². The maximum atomic E-state index is 12.2. The van der Waals surface area contributed by atoms with Crippen LogP contribution >= 0.6 is 47.8 Å². The fraction of sp³-hybridized carbons (Fsp3) is 0.154. The molecule has 0 aliphatic carbocycles. The number of nitrogens with one attached hydrogen (secondary N) is 3. The molecule has 0 fully saturated rings. The molecule has 10 heteroatoms. The van der Waals surface area contributed by atoms with Gasteiger partial charge in [-0.15, -0.1) is 0 Å². The van der Waals surface area contributed by atoms with Crippen molar-refractivity contribution in [3.8, 4) is 0 Å². The van der Waals surface area contributed by atoms with Gasteiger partial charge in [0.15, 0.2) is 5.69 Å². The van der Waals surface area contributed by atoms with Crippen LogP contribution in [-0.4, -0.2) is 33.3 Å². The Morgan fingerprint density at radius 2 is 1.91 bits per heavy atom. The maximum Gasteiger partial charge on any atom is 0.276 e. The van der Waals surface area contributed by atoms with Gasteiger partial charge in [-0.3, -0.25) is 14.7 Å². The Kier molecular flexibility index (Phi) is 5.95. The summed E-state index contributed by atoms with van der Waals surface area (Å²) >= 11 is 9.77. The minimum Gasteiger partial charge on any atom is -0.374 e. The van der Waals surface area contributed by atoms with Gasteiger partial charge < -0.3 is 15.7 Å². The summed E-state index contributed by atoms with van der Waals surface area (Å²) in [6.07, 6.45) is -1.02. The third-order valence-electron chi connectivity index (χ3n) is 2.66. The van der Waals surface area contributed by atoms with E-state index in [1.54, 1.807) is 12.1 Å². The number of aliphatic hydroxyl groups excluding tert-OH is 1. The van der Waals surface area contributed by atoms with Gasteiger partial charge in [0.1, 0.15) is 10.8 Å². The van der Waals surface area contributed by atoms with E-state index in [1.807, 2.05) is 0 Å². The Morgan fingerprint density at radius 3 is 2.48 bits per heavy atom. The molecule has 1 aromatic heterocycles. The van der Waals surface area contributed by atoms with Crippen LogP contribution in [0.15, 0.2) is 31.7 Å². The number of aliphatic hydroxyl groups is 1. The van der Waals surface area contributed by atoms with Crippen molar-refractivity contribution in [3.05, 3.63) is 43.0 Å². The van der Waals surface area contributed by atoms with E-state index in [-0.39, 0.29) is 16.9 Å². The molecule has 0 aliphatic heterocycles. The Morgan fingerprint density at radius 1 is 1.22 bits per heavy atom. The highest BCUT2D eigenvalue weighted by Gasteiger charge is 2.20. The summed E-state index contributed by atoms with van der Waals surface area (Å²) in [5.41, 5.74) is 0.624. The number of carbonyl (C=O) groups excluding carboxylic acids is 2. The van der Waals surface area contributed by atoms with Crippen molar-refractivity contribution in [2.75, 3.05) is 5.32 Å². The minimum absolute atomic E-state index is 0.161. The molecular weight excluding hydrogens is 500 g/mol. The molecule has 0 spiro atoms. The SMILES string of the molecule is CC(O)NC(=O)c1cc(Br)cc(Br)c1NC(=O)c1cc(Br)[nH]n1. The molecule has 1 aromatic carbocycles. The summed E-state index contributed by atoms with van der Waals surface area (Å²) in [7, 11) is 0. The molecule has 122 valence electrons. The average molecular weight is 511 g/mol. The summed E-state index contributed by atoms with van der Waals surface area (Å²) in [4.78, 5) is 24.4. The summed E-state index contributed by atoms with van der Waals surface area (Å²) in [5.74, 6) is -1.01. The third kappa shape index (κ3) is 4.63. The van der Waals surface area contributed by atoms with Crippen LogP contribution in [-0.2, 0) is 0 Å². The van der Waals surface area contributed by atoms with Crippen LogP contribution in [0.1, 0.15) is 27.8 Å². The first kappa shape index (κ1) is 18.1. The van der Waals surface area contributed by atoms with E-state index in [1.165, 1.54) is 13.0 Å². The number of aromatic amines is 1. The third-order valence-corrected chi connectivity index (χ3v) is 4.15. The molecule has 4 N–H and O–H groups in total. The molecular formula is C13H11Br3N4O3. The molecule has 0 bridgehead atoms. The smallest absolute Gasteiger partial charge is 0.276 e. The van der Waals surface area contributed by atoms with Gasteiger partial charge in [-0.2, -0.15) is 5.10 Å². The van der Waals surface area contributed by atoms with Crippen molar-refractivity contribution in [2.45, 2.75) is 13.2 Å². The lowest BCUT2D eigenvalue weighted by molar-refractivity contribution is 0.0819. The largest absolute Gasteiger partial charge is 0.374 e. The number of H-pyrrole nitrogens is 1. The molecule has 2 aromatic rings. The van der Waals surface area contributed by atoms with Gasteiger partial charge in [0.05, 0.1) is 11.3 Å². The molecule has 0 saturated heterocycles. The molecule has 2 amide bonds. The number of halogens is 3. The number of carbonyl (C=O) groups is 2. The highest BCUT2D eigenvalue weighted by Crippen LogP contribution is 2.31. The molecule has 0 saturated carbocycles. The van der Waals surface area contributed by atoms with Crippen LogP contribution in [0.25, 0.3) is 0 Å². The lowest BCUT2D eigenvalue weighted by Gasteiger charge is -2.14. The molecule has 0 aliphatic rings. The second-order valence-electron chi connectivity index (χ2n) is 4.51. The first-order valence-corrected chi connectivity index (χ1v) is 8.66. The minimum atomic E-state index is -1.02. The van der Waals surface area contributed by atoms with Gasteiger partial charge in [0, 0.05) is 15.0 Å². The van der Waals surface area contributed by atoms with E-state index >= 15 is 0 Å². The predicted molar refractivity (Wildman–Crippen MR) is 95.2 cm³/mol. The number of amides is 2. The van der Waals surface area contributed by atoms with Crippen LogP contribution in [0.5, 0.6) is 0 Å². The number of rotatable bonds is 4. The van der Waals surface area contributed by atoms with Crippen LogP contribution in [0.3, 0.4) is 0 Å². The van der Waals surface area contributed by atoms with E-state index in [9.17, 15) is 14.7 Å². The highest BCUT2D eigenvalue weighted by atomic mass is 79.9. The Labute approximate surface area is 156 Å². The lowest BCUT2D eigenvalue weighted by Crippen LogP contribution is -2.33. The van der Waals surface area contributed by atoms with Gasteiger partial charge in [-0.05, 0) is 50.9 Å². The van der Waals surface area contributed by atoms with Crippen LogP contribution in [0.4, 0.5) is 5.69 Å². The van der Waals surface area contributed by atoms with Gasteiger partial charge in [-0.1, -0.05) is 15.9 Å². The summed E-state index contributed by atoms with van der Waals surface area (Å²) < 4.78 is 1.70. The van der Waals surface area contributed by atoms with Crippen molar-refractivity contribution in [3.63, 3.8) is 0 Å². The van der Waals surface area contributed by atoms with Crippen LogP contribution < -0.4 is 10.6 Å². The van der Waals surface area contributed by atoms with Crippen LogP contribution in [0, 0.1) is 0 Å². The summed E-state index contributed by atoms with van der Waals surface area (Å²) in [5, 5.41) is 20.7. The zero-order valence-electron chi connectivity index (χ0n) is 11.7. The van der Waals surface area contributed by atoms with Gasteiger partial charge in [0.2, 0.25) is 0 Å². The Hall–Kier alpha value is -1.23. The average Bonchev–Trinajstić information content (AvgIpc) is 2.87. The lowest BCUT2D eigenvalue weighted by atomic mass is 10.1. The van der Waals surface area contributed by atoms with E-state index in [4.69, 9.17) is 0 Å². The molecule has 23 heavy (non-hydrogen) atoms. The van der Waals surface area contributed by atoms with Crippen LogP contribution in [0.2, 0.25) is 0 Å². The van der Waals surface area contributed by atoms with Crippen molar-refractivity contribution in [1.29, 1.82) is 0 Å². The number of anilines is 1. The summed E-state index contributed by atoms with van der Waals surface area (Å²) in [6, 6.07) is 4.74.